The minimum Gasteiger partial charge on any atom is -0.422 e. The number of aromatic nitrogens is 1. The summed E-state index contributed by atoms with van der Waals surface area (Å²) < 4.78 is 7.49. The van der Waals surface area contributed by atoms with E-state index in [9.17, 15) is 10.1 Å². The fourth-order valence-corrected chi connectivity index (χ4v) is 3.05. The van der Waals surface area contributed by atoms with Gasteiger partial charge >= 0.3 is 5.97 Å². The first-order valence-corrected chi connectivity index (χ1v) is 9.20. The van der Waals surface area contributed by atoms with Crippen LogP contribution >= 0.6 is 0 Å². The average Bonchev–Trinajstić information content (AvgIpc) is 3.05. The van der Waals surface area contributed by atoms with Crippen molar-refractivity contribution in [3.8, 4) is 11.8 Å². The van der Waals surface area contributed by atoms with Gasteiger partial charge in [-0.15, -0.1) is 0 Å². The summed E-state index contributed by atoms with van der Waals surface area (Å²) in [6, 6.07) is 18.8. The van der Waals surface area contributed by atoms with Gasteiger partial charge in [0.1, 0.15) is 17.4 Å². The van der Waals surface area contributed by atoms with E-state index in [2.05, 4.69) is 17.6 Å². The van der Waals surface area contributed by atoms with Crippen LogP contribution < -0.4 is 4.74 Å². The van der Waals surface area contributed by atoms with Crippen LogP contribution in [0.2, 0.25) is 0 Å². The zero-order valence-corrected chi connectivity index (χ0v) is 15.4. The number of benzene rings is 2. The van der Waals surface area contributed by atoms with E-state index in [1.807, 2.05) is 36.5 Å². The van der Waals surface area contributed by atoms with Crippen LogP contribution in [0.5, 0.6) is 5.75 Å². The molecule has 0 spiro atoms. The summed E-state index contributed by atoms with van der Waals surface area (Å²) in [5.41, 5.74) is 1.94. The number of nitrogens with zero attached hydrogens (tertiary/aromatic N) is 2. The number of esters is 1. The molecule has 0 aliphatic carbocycles. The molecular formula is C23H22N2O2. The SMILES string of the molecule is CCCCCn1cc(/C=C(\C#N)C(=O)Oc2ccccc2)c2ccccc21. The number of aryl methyl sites for hydroxylation is 1. The van der Waals surface area contributed by atoms with E-state index in [1.54, 1.807) is 30.3 Å². The molecule has 0 radical (unpaired) electrons. The van der Waals surface area contributed by atoms with Gasteiger partial charge in [-0.1, -0.05) is 56.2 Å². The molecule has 0 atom stereocenters. The Bertz CT molecular complexity index is 994. The molecule has 0 aliphatic rings. The quantitative estimate of drug-likeness (QED) is 0.188. The average molecular weight is 358 g/mol. The van der Waals surface area contributed by atoms with Crippen molar-refractivity contribution in [2.24, 2.45) is 0 Å². The molecule has 136 valence electrons. The van der Waals surface area contributed by atoms with Gasteiger partial charge < -0.3 is 9.30 Å². The lowest BCUT2D eigenvalue weighted by molar-refractivity contribution is -0.129. The van der Waals surface area contributed by atoms with E-state index >= 15 is 0 Å². The summed E-state index contributed by atoms with van der Waals surface area (Å²) in [6.07, 6.45) is 7.05. The van der Waals surface area contributed by atoms with Crippen LogP contribution in [-0.2, 0) is 11.3 Å². The van der Waals surface area contributed by atoms with Gasteiger partial charge in [0.25, 0.3) is 0 Å². The number of rotatable bonds is 7. The van der Waals surface area contributed by atoms with Gasteiger partial charge in [0.05, 0.1) is 0 Å². The highest BCUT2D eigenvalue weighted by Crippen LogP contribution is 2.24. The number of hydrogen-bond donors (Lipinski definition) is 0. The number of unbranched alkanes of at least 4 members (excludes halogenated alkanes) is 2. The standard InChI is InChI=1S/C23H22N2O2/c1-2-3-9-14-25-17-19(21-12-7-8-13-22(21)25)15-18(16-24)23(26)27-20-10-5-4-6-11-20/h4-8,10-13,15,17H,2-3,9,14H2,1H3/b18-15+. The monoisotopic (exact) mass is 358 g/mol. The predicted molar refractivity (Wildman–Crippen MR) is 107 cm³/mol. The lowest BCUT2D eigenvalue weighted by Gasteiger charge is -2.03. The van der Waals surface area contributed by atoms with Crippen LogP contribution in [0.3, 0.4) is 0 Å². The number of nitriles is 1. The van der Waals surface area contributed by atoms with Crippen molar-refractivity contribution in [2.45, 2.75) is 32.7 Å². The van der Waals surface area contributed by atoms with E-state index in [4.69, 9.17) is 4.74 Å². The van der Waals surface area contributed by atoms with Crippen molar-refractivity contribution in [1.82, 2.24) is 4.57 Å². The molecular weight excluding hydrogens is 336 g/mol. The summed E-state index contributed by atoms with van der Waals surface area (Å²) >= 11 is 0. The Balaban J connectivity index is 1.90. The molecule has 27 heavy (non-hydrogen) atoms. The molecule has 0 saturated heterocycles. The van der Waals surface area contributed by atoms with Gasteiger partial charge in [-0.2, -0.15) is 5.26 Å². The fraction of sp³-hybridized carbons (Fsp3) is 0.217. The van der Waals surface area contributed by atoms with Crippen LogP contribution in [0, 0.1) is 11.3 Å². The molecule has 0 fully saturated rings. The van der Waals surface area contributed by atoms with Crippen molar-refractivity contribution in [3.05, 3.63) is 71.9 Å². The number of ether oxygens (including phenoxy) is 1. The number of para-hydroxylation sites is 2. The number of hydrogen-bond acceptors (Lipinski definition) is 3. The number of carbonyl (C=O) groups excluding carboxylic acids is 1. The van der Waals surface area contributed by atoms with Crippen LogP contribution in [0.25, 0.3) is 17.0 Å². The Morgan fingerprint density at radius 3 is 2.59 bits per heavy atom. The molecule has 3 rings (SSSR count). The van der Waals surface area contributed by atoms with E-state index in [-0.39, 0.29) is 5.57 Å². The summed E-state index contributed by atoms with van der Waals surface area (Å²) in [7, 11) is 0. The lowest BCUT2D eigenvalue weighted by atomic mass is 10.1. The van der Waals surface area contributed by atoms with E-state index in [0.29, 0.717) is 5.75 Å². The molecule has 1 heterocycles. The Hall–Kier alpha value is -3.32. The first-order chi connectivity index (χ1) is 13.2. The summed E-state index contributed by atoms with van der Waals surface area (Å²) in [6.45, 7) is 3.10. The molecule has 4 nitrogen and oxygen atoms in total. The van der Waals surface area contributed by atoms with E-state index < -0.39 is 5.97 Å². The van der Waals surface area contributed by atoms with E-state index in [0.717, 1.165) is 35.9 Å². The molecule has 0 bridgehead atoms. The molecule has 1 aromatic heterocycles. The predicted octanol–water partition coefficient (Wildman–Crippen LogP) is 5.34. The van der Waals surface area contributed by atoms with Crippen molar-refractivity contribution < 1.29 is 9.53 Å². The first kappa shape index (κ1) is 18.5. The third-order valence-electron chi connectivity index (χ3n) is 4.42. The molecule has 3 aromatic rings. The zero-order valence-electron chi connectivity index (χ0n) is 15.4. The van der Waals surface area contributed by atoms with Gasteiger partial charge in [-0.25, -0.2) is 4.79 Å². The normalized spacial score (nSPS) is 11.3. The largest absolute Gasteiger partial charge is 0.422 e. The second-order valence-corrected chi connectivity index (χ2v) is 6.37. The van der Waals surface area contributed by atoms with Crippen LogP contribution in [0.1, 0.15) is 31.7 Å². The zero-order chi connectivity index (χ0) is 19.1. The second kappa shape index (κ2) is 8.86. The summed E-state index contributed by atoms with van der Waals surface area (Å²) in [5, 5.41) is 10.5. The summed E-state index contributed by atoms with van der Waals surface area (Å²) in [4.78, 5) is 12.4. The minimum absolute atomic E-state index is 0.0182. The highest BCUT2D eigenvalue weighted by atomic mass is 16.5. The first-order valence-electron chi connectivity index (χ1n) is 9.20. The van der Waals surface area contributed by atoms with Crippen LogP contribution in [-0.4, -0.2) is 10.5 Å². The van der Waals surface area contributed by atoms with Gasteiger partial charge in [0.15, 0.2) is 0 Å². The lowest BCUT2D eigenvalue weighted by Crippen LogP contribution is -2.09. The van der Waals surface area contributed by atoms with Crippen molar-refractivity contribution >= 4 is 22.9 Å². The number of fused-ring (bicyclic) bond motifs is 1. The Labute approximate surface area is 159 Å². The topological polar surface area (TPSA) is 55.0 Å². The molecule has 2 aromatic carbocycles. The molecule has 4 heteroatoms. The number of carbonyl (C=O) groups is 1. The second-order valence-electron chi connectivity index (χ2n) is 6.37. The van der Waals surface area contributed by atoms with E-state index in [1.165, 1.54) is 6.42 Å². The molecule has 0 amide bonds. The van der Waals surface area contributed by atoms with Gasteiger partial charge in [0, 0.05) is 29.2 Å². The molecule has 0 unspecified atom stereocenters. The van der Waals surface area contributed by atoms with Crippen molar-refractivity contribution in [3.63, 3.8) is 0 Å². The fourth-order valence-electron chi connectivity index (χ4n) is 3.05. The molecule has 0 saturated carbocycles. The van der Waals surface area contributed by atoms with Gasteiger partial charge in [-0.3, -0.25) is 0 Å². The maximum absolute atomic E-state index is 12.4. The summed E-state index contributed by atoms with van der Waals surface area (Å²) in [5.74, 6) is -0.225. The van der Waals surface area contributed by atoms with Crippen molar-refractivity contribution in [1.29, 1.82) is 5.26 Å². The highest BCUT2D eigenvalue weighted by Gasteiger charge is 2.14. The highest BCUT2D eigenvalue weighted by molar-refractivity contribution is 6.02. The third-order valence-corrected chi connectivity index (χ3v) is 4.42. The molecule has 0 aliphatic heterocycles. The Kier molecular flexibility index (Phi) is 6.06. The minimum atomic E-state index is -0.647. The van der Waals surface area contributed by atoms with Crippen molar-refractivity contribution in [2.75, 3.05) is 0 Å². The smallest absolute Gasteiger partial charge is 0.354 e. The Morgan fingerprint density at radius 2 is 1.85 bits per heavy atom. The Morgan fingerprint density at radius 1 is 1.11 bits per heavy atom. The van der Waals surface area contributed by atoms with Crippen LogP contribution in [0.15, 0.2) is 66.4 Å². The maximum atomic E-state index is 12.4. The van der Waals surface area contributed by atoms with Crippen LogP contribution in [0.4, 0.5) is 0 Å². The van der Waals surface area contributed by atoms with Gasteiger partial charge in [-0.05, 0) is 30.7 Å². The third kappa shape index (κ3) is 4.45. The van der Waals surface area contributed by atoms with Gasteiger partial charge in [0.2, 0.25) is 0 Å². The maximum Gasteiger partial charge on any atom is 0.354 e. The molecule has 0 N–H and O–H groups in total.